The molecule has 1 N–H and O–H groups in total. The molecule has 0 aromatic heterocycles. The Morgan fingerprint density at radius 1 is 1.23 bits per heavy atom. The molecule has 1 unspecified atom stereocenters. The van der Waals surface area contributed by atoms with Gasteiger partial charge in [-0.25, -0.2) is 4.79 Å². The highest BCUT2D eigenvalue weighted by molar-refractivity contribution is 5.70. The van der Waals surface area contributed by atoms with Crippen LogP contribution < -0.4 is 5.32 Å². The van der Waals surface area contributed by atoms with Crippen molar-refractivity contribution in [2.75, 3.05) is 13.1 Å². The number of rotatable bonds is 1. The van der Waals surface area contributed by atoms with Crippen LogP contribution in [0.1, 0.15) is 50.8 Å². The Morgan fingerprint density at radius 2 is 1.91 bits per heavy atom. The first-order valence-electron chi connectivity index (χ1n) is 8.24. The molecule has 0 aliphatic carbocycles. The maximum Gasteiger partial charge on any atom is 0.411 e. The molecule has 1 amide bonds. The quantitative estimate of drug-likeness (QED) is 0.863. The number of ether oxygens (including phenoxy) is 1. The molecule has 3 rings (SSSR count). The number of amides is 1. The minimum Gasteiger partial charge on any atom is -0.444 e. The van der Waals surface area contributed by atoms with E-state index in [9.17, 15) is 4.79 Å². The molecule has 4 heteroatoms. The van der Waals surface area contributed by atoms with Crippen LogP contribution in [0, 0.1) is 5.92 Å². The summed E-state index contributed by atoms with van der Waals surface area (Å²) in [4.78, 5) is 14.6. The van der Waals surface area contributed by atoms with Gasteiger partial charge < -0.3 is 10.1 Å². The van der Waals surface area contributed by atoms with E-state index in [1.165, 1.54) is 11.1 Å². The third-order valence-electron chi connectivity index (χ3n) is 4.51. The minimum absolute atomic E-state index is 0.160. The van der Waals surface area contributed by atoms with Crippen molar-refractivity contribution in [3.8, 4) is 0 Å². The lowest BCUT2D eigenvalue weighted by Gasteiger charge is -2.35. The Morgan fingerprint density at radius 3 is 2.59 bits per heavy atom. The fourth-order valence-corrected chi connectivity index (χ4v) is 3.58. The van der Waals surface area contributed by atoms with Gasteiger partial charge in [-0.15, -0.1) is 0 Å². The maximum absolute atomic E-state index is 12.7. The molecular weight excluding hydrogens is 276 g/mol. The van der Waals surface area contributed by atoms with E-state index in [1.807, 2.05) is 25.7 Å². The molecule has 4 nitrogen and oxygen atoms in total. The molecule has 1 fully saturated rings. The minimum atomic E-state index is -0.454. The third kappa shape index (κ3) is 3.12. The predicted octanol–water partition coefficient (Wildman–Crippen LogP) is 3.48. The number of piperidine rings is 1. The zero-order valence-corrected chi connectivity index (χ0v) is 13.8. The van der Waals surface area contributed by atoms with Gasteiger partial charge in [-0.05, 0) is 63.7 Å². The molecule has 2 aliphatic rings. The summed E-state index contributed by atoms with van der Waals surface area (Å²) in [6.45, 7) is 8.51. The molecule has 0 spiro atoms. The lowest BCUT2D eigenvalue weighted by Crippen LogP contribution is -2.40. The zero-order chi connectivity index (χ0) is 15.7. The second kappa shape index (κ2) is 5.92. The van der Waals surface area contributed by atoms with Gasteiger partial charge in [-0.2, -0.15) is 0 Å². The van der Waals surface area contributed by atoms with Gasteiger partial charge in [0.05, 0.1) is 6.04 Å². The van der Waals surface area contributed by atoms with Crippen LogP contribution in [-0.2, 0) is 11.3 Å². The third-order valence-corrected chi connectivity index (χ3v) is 4.51. The van der Waals surface area contributed by atoms with Crippen molar-refractivity contribution in [3.05, 3.63) is 35.4 Å². The molecule has 1 saturated heterocycles. The summed E-state index contributed by atoms with van der Waals surface area (Å²) in [6, 6.07) is 8.59. The van der Waals surface area contributed by atoms with Crippen LogP contribution in [0.3, 0.4) is 0 Å². The smallest absolute Gasteiger partial charge is 0.411 e. The van der Waals surface area contributed by atoms with Crippen molar-refractivity contribution in [3.63, 3.8) is 0 Å². The van der Waals surface area contributed by atoms with Gasteiger partial charge in [0.2, 0.25) is 0 Å². The van der Waals surface area contributed by atoms with Gasteiger partial charge in [-0.1, -0.05) is 24.3 Å². The Labute approximate surface area is 132 Å². The number of hydrogen-bond donors (Lipinski definition) is 1. The van der Waals surface area contributed by atoms with Gasteiger partial charge in [0.15, 0.2) is 0 Å². The molecule has 2 heterocycles. The van der Waals surface area contributed by atoms with E-state index in [2.05, 4.69) is 29.6 Å². The first-order valence-corrected chi connectivity index (χ1v) is 8.24. The number of carbonyl (C=O) groups excluding carboxylic acids is 1. The predicted molar refractivity (Wildman–Crippen MR) is 86.6 cm³/mol. The van der Waals surface area contributed by atoms with Gasteiger partial charge in [0.25, 0.3) is 0 Å². The summed E-state index contributed by atoms with van der Waals surface area (Å²) < 4.78 is 5.65. The molecular formula is C18H26N2O2. The van der Waals surface area contributed by atoms with Crippen LogP contribution in [0.25, 0.3) is 0 Å². The molecule has 1 aromatic carbocycles. The maximum atomic E-state index is 12.7. The fourth-order valence-electron chi connectivity index (χ4n) is 3.58. The van der Waals surface area contributed by atoms with Gasteiger partial charge in [-0.3, -0.25) is 4.90 Å². The molecule has 1 atom stereocenters. The van der Waals surface area contributed by atoms with E-state index in [4.69, 9.17) is 4.74 Å². The van der Waals surface area contributed by atoms with Gasteiger partial charge in [0, 0.05) is 6.54 Å². The van der Waals surface area contributed by atoms with E-state index in [0.717, 1.165) is 25.9 Å². The Kier molecular flexibility index (Phi) is 4.13. The first kappa shape index (κ1) is 15.3. The van der Waals surface area contributed by atoms with Crippen molar-refractivity contribution in [2.45, 2.75) is 51.8 Å². The summed E-state index contributed by atoms with van der Waals surface area (Å²) in [5.41, 5.74) is 2.11. The summed E-state index contributed by atoms with van der Waals surface area (Å²) in [5.74, 6) is 0.511. The van der Waals surface area contributed by atoms with Crippen molar-refractivity contribution < 1.29 is 9.53 Å². The standard InChI is InChI=1S/C18H26N2O2/c1-18(2,3)22-17(21)20-12-14-6-4-5-7-15(14)16(20)13-8-10-19-11-9-13/h4-7,13,16,19H,8-12H2,1-3H3. The fraction of sp³-hybridized carbons (Fsp3) is 0.611. The highest BCUT2D eigenvalue weighted by Gasteiger charge is 2.40. The van der Waals surface area contributed by atoms with E-state index in [-0.39, 0.29) is 12.1 Å². The second-order valence-corrected chi connectivity index (χ2v) is 7.34. The monoisotopic (exact) mass is 302 g/mol. The van der Waals surface area contributed by atoms with Crippen LogP contribution in [0.2, 0.25) is 0 Å². The van der Waals surface area contributed by atoms with Crippen LogP contribution in [0.4, 0.5) is 4.79 Å². The summed E-state index contributed by atoms with van der Waals surface area (Å²) in [6.07, 6.45) is 2.03. The average molecular weight is 302 g/mol. The largest absolute Gasteiger partial charge is 0.444 e. The van der Waals surface area contributed by atoms with E-state index < -0.39 is 5.60 Å². The first-order chi connectivity index (χ1) is 10.5. The molecule has 2 aliphatic heterocycles. The second-order valence-electron chi connectivity index (χ2n) is 7.34. The zero-order valence-electron chi connectivity index (χ0n) is 13.8. The lowest BCUT2D eigenvalue weighted by atomic mass is 9.86. The number of hydrogen-bond acceptors (Lipinski definition) is 3. The number of benzene rings is 1. The molecule has 22 heavy (non-hydrogen) atoms. The van der Waals surface area contributed by atoms with Crippen LogP contribution >= 0.6 is 0 Å². The van der Waals surface area contributed by atoms with Crippen molar-refractivity contribution in [1.29, 1.82) is 0 Å². The summed E-state index contributed by atoms with van der Waals surface area (Å²) in [7, 11) is 0. The number of carbonyl (C=O) groups is 1. The van der Waals surface area contributed by atoms with Crippen molar-refractivity contribution >= 4 is 6.09 Å². The van der Waals surface area contributed by atoms with E-state index in [0.29, 0.717) is 12.5 Å². The number of fused-ring (bicyclic) bond motifs is 1. The molecule has 0 bridgehead atoms. The Bertz CT molecular complexity index is 544. The normalized spacial score (nSPS) is 22.5. The van der Waals surface area contributed by atoms with Crippen molar-refractivity contribution in [2.24, 2.45) is 5.92 Å². The molecule has 0 saturated carbocycles. The number of nitrogens with zero attached hydrogens (tertiary/aromatic N) is 1. The lowest BCUT2D eigenvalue weighted by molar-refractivity contribution is 0.00907. The van der Waals surface area contributed by atoms with Crippen LogP contribution in [0.15, 0.2) is 24.3 Å². The summed E-state index contributed by atoms with van der Waals surface area (Å²) in [5, 5.41) is 3.41. The SMILES string of the molecule is CC(C)(C)OC(=O)N1Cc2ccccc2C1C1CCNCC1. The van der Waals surface area contributed by atoms with Gasteiger partial charge in [0.1, 0.15) is 5.60 Å². The molecule has 120 valence electrons. The van der Waals surface area contributed by atoms with E-state index in [1.54, 1.807) is 0 Å². The highest BCUT2D eigenvalue weighted by atomic mass is 16.6. The van der Waals surface area contributed by atoms with Crippen LogP contribution in [-0.4, -0.2) is 29.7 Å². The average Bonchev–Trinajstić information content (AvgIpc) is 2.86. The topological polar surface area (TPSA) is 41.6 Å². The number of nitrogens with one attached hydrogen (secondary N) is 1. The molecule has 1 aromatic rings. The summed E-state index contributed by atoms with van der Waals surface area (Å²) >= 11 is 0. The van der Waals surface area contributed by atoms with Gasteiger partial charge >= 0.3 is 6.09 Å². The molecule has 0 radical (unpaired) electrons. The van der Waals surface area contributed by atoms with Crippen LogP contribution in [0.5, 0.6) is 0 Å². The van der Waals surface area contributed by atoms with E-state index >= 15 is 0 Å². The van der Waals surface area contributed by atoms with Crippen molar-refractivity contribution in [1.82, 2.24) is 10.2 Å². The highest BCUT2D eigenvalue weighted by Crippen LogP contribution is 2.42. The Balaban J connectivity index is 1.87. The Hall–Kier alpha value is -1.55.